The van der Waals surface area contributed by atoms with Gasteiger partial charge in [-0.3, -0.25) is 0 Å². The lowest BCUT2D eigenvalue weighted by Crippen LogP contribution is -2.89. The second kappa shape index (κ2) is 9.69. The van der Waals surface area contributed by atoms with Gasteiger partial charge in [0.1, 0.15) is 6.63 Å². The molecule has 0 bridgehead atoms. The van der Waals surface area contributed by atoms with Crippen LogP contribution in [0.25, 0.3) is 0 Å². The third kappa shape index (κ3) is 8.33. The molecule has 0 aromatic heterocycles. The van der Waals surface area contributed by atoms with Gasteiger partial charge in [0.05, 0.1) is 0 Å². The summed E-state index contributed by atoms with van der Waals surface area (Å²) in [5.41, 5.74) is 6.12. The molecule has 2 N–H and O–H groups in total. The highest BCUT2D eigenvalue weighted by molar-refractivity contribution is 7.88. The Hall–Kier alpha value is 1.36. The van der Waals surface area contributed by atoms with Gasteiger partial charge in [0.25, 0.3) is 0 Å². The molecule has 0 radical (unpaired) electrons. The molecule has 0 heterocycles. The Morgan fingerprint density at radius 3 is 0.897 bits per heavy atom. The largest absolute Gasteiger partial charge is 0.458 e. The molecule has 0 aliphatic carbocycles. The summed E-state index contributed by atoms with van der Waals surface area (Å²) in [6.45, 7) is 35.0. The molecular formula is C18H53NO3Si7. The van der Waals surface area contributed by atoms with Gasteiger partial charge >= 0.3 is 0 Å². The van der Waals surface area contributed by atoms with E-state index in [1.165, 1.54) is 6.04 Å². The van der Waals surface area contributed by atoms with Crippen molar-refractivity contribution in [2.45, 2.75) is 111 Å². The van der Waals surface area contributed by atoms with Crippen molar-refractivity contribution >= 4 is 55.1 Å². The van der Waals surface area contributed by atoms with Crippen LogP contribution in [-0.2, 0) is 12.3 Å². The Labute approximate surface area is 189 Å². The molecule has 0 aromatic carbocycles. The van der Waals surface area contributed by atoms with Gasteiger partial charge in [-0.05, 0) is 111 Å². The van der Waals surface area contributed by atoms with Crippen molar-refractivity contribution in [2.75, 3.05) is 6.54 Å². The first-order valence-electron chi connectivity index (χ1n) is 11.2. The SMILES string of the molecule is C[Si](C)(C)O[Si](C)(C)[Si](CCCN)([Si](C)(C)O[Si](C)(C)C)[Si](C)(C)O[Si](C)(C)C. The van der Waals surface area contributed by atoms with Crippen molar-refractivity contribution in [2.24, 2.45) is 5.73 Å². The Morgan fingerprint density at radius 2 is 0.724 bits per heavy atom. The van der Waals surface area contributed by atoms with Crippen molar-refractivity contribution in [3.05, 3.63) is 0 Å². The molecule has 0 spiro atoms. The summed E-state index contributed by atoms with van der Waals surface area (Å²) in [4.78, 5) is 0. The van der Waals surface area contributed by atoms with Crippen LogP contribution in [-0.4, -0.2) is 61.6 Å². The van der Waals surface area contributed by atoms with Crippen LogP contribution >= 0.6 is 0 Å². The molecule has 176 valence electrons. The summed E-state index contributed by atoms with van der Waals surface area (Å²) in [7, 11) is -11.3. The topological polar surface area (TPSA) is 53.7 Å². The summed E-state index contributed by atoms with van der Waals surface area (Å²) >= 11 is 0. The lowest BCUT2D eigenvalue weighted by Gasteiger charge is -2.61. The number of hydrogen-bond acceptors (Lipinski definition) is 4. The minimum Gasteiger partial charge on any atom is -0.458 e. The number of rotatable bonds is 12. The van der Waals surface area contributed by atoms with Gasteiger partial charge in [-0.25, -0.2) is 0 Å². The highest BCUT2D eigenvalue weighted by Crippen LogP contribution is 2.45. The fraction of sp³-hybridized carbons (Fsp3) is 1.00. The van der Waals surface area contributed by atoms with Crippen LogP contribution in [0.4, 0.5) is 0 Å². The second-order valence-corrected chi connectivity index (χ2v) is 62.5. The normalized spacial score (nSPS) is 15.7. The zero-order valence-electron chi connectivity index (χ0n) is 22.4. The summed E-state index contributed by atoms with van der Waals surface area (Å²) in [5, 5.41) is 0. The first kappa shape index (κ1) is 30.4. The smallest absolute Gasteiger partial charge is 0.170 e. The minimum atomic E-state index is -2.06. The van der Waals surface area contributed by atoms with E-state index in [0.29, 0.717) is 0 Å². The van der Waals surface area contributed by atoms with Crippen molar-refractivity contribution in [1.82, 2.24) is 0 Å². The molecule has 0 saturated heterocycles. The quantitative estimate of drug-likeness (QED) is 0.307. The molecule has 0 atom stereocenters. The van der Waals surface area contributed by atoms with Crippen LogP contribution < -0.4 is 5.73 Å². The van der Waals surface area contributed by atoms with E-state index >= 15 is 0 Å². The fourth-order valence-electron chi connectivity index (χ4n) is 6.00. The molecule has 11 heteroatoms. The highest BCUT2D eigenvalue weighted by Gasteiger charge is 2.71. The molecule has 0 amide bonds. The van der Waals surface area contributed by atoms with E-state index in [2.05, 4.69) is 98.2 Å². The molecule has 0 unspecified atom stereocenters. The van der Waals surface area contributed by atoms with Gasteiger partial charge in [0, 0.05) is 0 Å². The van der Waals surface area contributed by atoms with Gasteiger partial charge in [-0.15, -0.1) is 0 Å². The van der Waals surface area contributed by atoms with Crippen LogP contribution in [0.1, 0.15) is 6.42 Å². The Balaban J connectivity index is 6.99. The summed E-state index contributed by atoms with van der Waals surface area (Å²) in [5.74, 6) is 0. The van der Waals surface area contributed by atoms with Gasteiger partial charge < -0.3 is 18.1 Å². The number of nitrogens with two attached hydrogens (primary N) is 1. The molecule has 0 saturated carbocycles. The van der Waals surface area contributed by atoms with Crippen LogP contribution in [0.3, 0.4) is 0 Å². The first-order chi connectivity index (χ1) is 12.4. The molecule has 29 heavy (non-hydrogen) atoms. The lowest BCUT2D eigenvalue weighted by molar-refractivity contribution is 0.549. The van der Waals surface area contributed by atoms with E-state index in [9.17, 15) is 0 Å². The molecule has 0 rings (SSSR count). The van der Waals surface area contributed by atoms with E-state index in [0.717, 1.165) is 13.0 Å². The van der Waals surface area contributed by atoms with Crippen LogP contribution in [0.2, 0.25) is 104 Å². The van der Waals surface area contributed by atoms with E-state index in [1.54, 1.807) is 0 Å². The summed E-state index contributed by atoms with van der Waals surface area (Å²) in [6, 6.07) is 1.22. The molecule has 4 nitrogen and oxygen atoms in total. The molecular weight excluding hydrogens is 475 g/mol. The van der Waals surface area contributed by atoms with Crippen LogP contribution in [0, 0.1) is 0 Å². The van der Waals surface area contributed by atoms with Crippen LogP contribution in [0.5, 0.6) is 0 Å². The Kier molecular flexibility index (Phi) is 10.1. The van der Waals surface area contributed by atoms with Gasteiger partial charge in [-0.1, -0.05) is 6.04 Å². The maximum Gasteiger partial charge on any atom is 0.170 e. The van der Waals surface area contributed by atoms with E-state index < -0.39 is 55.1 Å². The third-order valence-corrected chi connectivity index (χ3v) is 82.3. The van der Waals surface area contributed by atoms with Gasteiger partial charge in [-0.2, -0.15) is 0 Å². The molecule has 0 aliphatic rings. The minimum absolute atomic E-state index is 0.751. The Morgan fingerprint density at radius 1 is 0.483 bits per heavy atom. The van der Waals surface area contributed by atoms with Crippen molar-refractivity contribution < 1.29 is 12.3 Å². The lowest BCUT2D eigenvalue weighted by atomic mass is 10.5. The predicted molar refractivity (Wildman–Crippen MR) is 150 cm³/mol. The third-order valence-electron chi connectivity index (χ3n) is 5.52. The summed E-state index contributed by atoms with van der Waals surface area (Å²) in [6.07, 6.45) is 1.08. The van der Waals surface area contributed by atoms with Gasteiger partial charge in [0.2, 0.25) is 0 Å². The molecule has 0 fully saturated rings. The fourth-order valence-corrected chi connectivity index (χ4v) is 114. The zero-order chi connectivity index (χ0) is 23.7. The average Bonchev–Trinajstić information content (AvgIpc) is 2.28. The first-order valence-corrected chi connectivity index (χ1v) is 35.4. The highest BCUT2D eigenvalue weighted by atomic mass is 29.9. The summed E-state index contributed by atoms with van der Waals surface area (Å²) < 4.78 is 21.7. The maximum absolute atomic E-state index is 7.23. The van der Waals surface area contributed by atoms with Crippen molar-refractivity contribution in [3.8, 4) is 0 Å². The van der Waals surface area contributed by atoms with E-state index in [4.69, 9.17) is 18.1 Å². The average molecular weight is 528 g/mol. The van der Waals surface area contributed by atoms with Gasteiger partial charge in [0.15, 0.2) is 48.5 Å². The standard InChI is InChI=1S/C18H53NO3Si7/c1-23(2,3)20-26(10,11)29(18-16-17-19,27(12,13)21-24(4,5)6)28(14,15)22-25(7,8)9/h16-19H2,1-15H3. The zero-order valence-corrected chi connectivity index (χ0v) is 29.4. The maximum atomic E-state index is 7.23. The molecule has 0 aromatic rings. The molecule has 0 aliphatic heterocycles. The van der Waals surface area contributed by atoms with Crippen molar-refractivity contribution in [1.29, 1.82) is 0 Å². The Bertz CT molecular complexity index is 466. The monoisotopic (exact) mass is 527 g/mol. The van der Waals surface area contributed by atoms with Crippen LogP contribution in [0.15, 0.2) is 0 Å². The van der Waals surface area contributed by atoms with E-state index in [-0.39, 0.29) is 0 Å². The van der Waals surface area contributed by atoms with E-state index in [1.807, 2.05) is 0 Å². The predicted octanol–water partition coefficient (Wildman–Crippen LogP) is 6.19. The number of hydrogen-bond donors (Lipinski definition) is 1. The van der Waals surface area contributed by atoms with Crippen molar-refractivity contribution in [3.63, 3.8) is 0 Å². The second-order valence-electron chi connectivity index (χ2n) is 13.0.